The Morgan fingerprint density at radius 3 is 2.38 bits per heavy atom. The van der Waals surface area contributed by atoms with Gasteiger partial charge in [-0.1, -0.05) is 19.1 Å². The van der Waals surface area contributed by atoms with Crippen LogP contribution in [0.3, 0.4) is 0 Å². The van der Waals surface area contributed by atoms with Crippen LogP contribution in [-0.2, 0) is 0 Å². The van der Waals surface area contributed by atoms with E-state index in [2.05, 4.69) is 0 Å². The van der Waals surface area contributed by atoms with Crippen LogP contribution in [0.4, 0.5) is 5.69 Å². The number of rotatable bonds is 3. The Kier molecular flexibility index (Phi) is 2.97. The fourth-order valence-corrected chi connectivity index (χ4v) is 1.03. The van der Waals surface area contributed by atoms with Crippen molar-refractivity contribution in [2.24, 2.45) is 0 Å². The summed E-state index contributed by atoms with van der Waals surface area (Å²) in [6, 6.07) is 6.22. The Hall–Kier alpha value is -1.42. The lowest BCUT2D eigenvalue weighted by Crippen LogP contribution is -1.98. The maximum absolute atomic E-state index is 10.3. The van der Waals surface area contributed by atoms with E-state index >= 15 is 0 Å². The molecular weight excluding hydrogens is 170 g/mol. The number of nitrogens with zero attached hydrogens (tertiary/aromatic N) is 1. The molecule has 0 aliphatic heterocycles. The van der Waals surface area contributed by atoms with E-state index in [4.69, 9.17) is 5.11 Å². The normalized spacial score (nSPS) is 12.5. The van der Waals surface area contributed by atoms with Gasteiger partial charge in [-0.05, 0) is 5.56 Å². The fourth-order valence-electron chi connectivity index (χ4n) is 1.03. The van der Waals surface area contributed by atoms with Gasteiger partial charge in [-0.3, -0.25) is 10.1 Å². The second kappa shape index (κ2) is 4.00. The lowest BCUT2D eigenvalue weighted by molar-refractivity contribution is -0.384. The molecule has 70 valence electrons. The molecule has 0 spiro atoms. The minimum Gasteiger partial charge on any atom is -0.396 e. The molecule has 0 saturated heterocycles. The molecule has 1 aromatic rings. The number of aliphatic hydroxyl groups is 1. The first kappa shape index (κ1) is 9.67. The Balaban J connectivity index is 2.87. The molecular formula is C9H11NO3. The molecule has 0 radical (unpaired) electrons. The zero-order chi connectivity index (χ0) is 9.84. The number of hydrogen-bond donors (Lipinski definition) is 1. The largest absolute Gasteiger partial charge is 0.396 e. The van der Waals surface area contributed by atoms with Gasteiger partial charge in [0.1, 0.15) is 0 Å². The third kappa shape index (κ3) is 2.26. The summed E-state index contributed by atoms with van der Waals surface area (Å²) in [4.78, 5) is 9.87. The number of nitro benzene ring substituents is 1. The summed E-state index contributed by atoms with van der Waals surface area (Å²) in [6.45, 7) is 1.92. The van der Waals surface area contributed by atoms with E-state index in [1.165, 1.54) is 12.1 Å². The van der Waals surface area contributed by atoms with Crippen molar-refractivity contribution in [2.75, 3.05) is 6.61 Å². The molecule has 1 atom stereocenters. The molecule has 4 heteroatoms. The Labute approximate surface area is 76.0 Å². The fraction of sp³-hybridized carbons (Fsp3) is 0.333. The first-order chi connectivity index (χ1) is 6.15. The number of benzene rings is 1. The van der Waals surface area contributed by atoms with E-state index < -0.39 is 4.92 Å². The molecule has 4 nitrogen and oxygen atoms in total. The lowest BCUT2D eigenvalue weighted by atomic mass is 10.0. The van der Waals surface area contributed by atoms with Crippen molar-refractivity contribution >= 4 is 5.69 Å². The van der Waals surface area contributed by atoms with Gasteiger partial charge in [-0.25, -0.2) is 0 Å². The van der Waals surface area contributed by atoms with Crippen molar-refractivity contribution in [3.63, 3.8) is 0 Å². The minimum absolute atomic E-state index is 0.0285. The zero-order valence-corrected chi connectivity index (χ0v) is 7.30. The zero-order valence-electron chi connectivity index (χ0n) is 7.30. The SMILES string of the molecule is C[C@H](CO)c1ccc([N+](=O)[O-])cc1. The van der Waals surface area contributed by atoms with Crippen molar-refractivity contribution in [3.8, 4) is 0 Å². The lowest BCUT2D eigenvalue weighted by Gasteiger charge is -2.06. The van der Waals surface area contributed by atoms with E-state index in [0.717, 1.165) is 5.56 Å². The first-order valence-corrected chi connectivity index (χ1v) is 4.00. The van der Waals surface area contributed by atoms with Crippen molar-refractivity contribution < 1.29 is 10.0 Å². The van der Waals surface area contributed by atoms with Crippen molar-refractivity contribution in [2.45, 2.75) is 12.8 Å². The van der Waals surface area contributed by atoms with Crippen LogP contribution in [0.2, 0.25) is 0 Å². The highest BCUT2D eigenvalue weighted by atomic mass is 16.6. The molecule has 0 aliphatic rings. The smallest absolute Gasteiger partial charge is 0.269 e. The summed E-state index contributed by atoms with van der Waals surface area (Å²) < 4.78 is 0. The summed E-state index contributed by atoms with van der Waals surface area (Å²) in [6.07, 6.45) is 0. The minimum atomic E-state index is -0.437. The summed E-state index contributed by atoms with van der Waals surface area (Å²) in [7, 11) is 0. The highest BCUT2D eigenvalue weighted by Crippen LogP contribution is 2.18. The summed E-state index contributed by atoms with van der Waals surface area (Å²) >= 11 is 0. The molecule has 1 N–H and O–H groups in total. The van der Waals surface area contributed by atoms with E-state index in [1.54, 1.807) is 12.1 Å². The van der Waals surface area contributed by atoms with Crippen molar-refractivity contribution in [3.05, 3.63) is 39.9 Å². The molecule has 13 heavy (non-hydrogen) atoms. The molecule has 1 rings (SSSR count). The van der Waals surface area contributed by atoms with Crippen LogP contribution >= 0.6 is 0 Å². The second-order valence-electron chi connectivity index (χ2n) is 2.93. The van der Waals surface area contributed by atoms with Gasteiger partial charge in [0.05, 0.1) is 4.92 Å². The molecule has 0 saturated carbocycles. The highest BCUT2D eigenvalue weighted by Gasteiger charge is 2.07. The van der Waals surface area contributed by atoms with E-state index in [-0.39, 0.29) is 18.2 Å². The third-order valence-electron chi connectivity index (χ3n) is 1.95. The van der Waals surface area contributed by atoms with Crippen LogP contribution in [0.1, 0.15) is 18.4 Å². The molecule has 1 aromatic carbocycles. The Morgan fingerprint density at radius 1 is 1.46 bits per heavy atom. The maximum atomic E-state index is 10.3. The molecule has 0 amide bonds. The van der Waals surface area contributed by atoms with Crippen LogP contribution in [0.25, 0.3) is 0 Å². The van der Waals surface area contributed by atoms with Gasteiger partial charge in [0.25, 0.3) is 5.69 Å². The molecule has 0 heterocycles. The predicted molar refractivity (Wildman–Crippen MR) is 48.6 cm³/mol. The van der Waals surface area contributed by atoms with Gasteiger partial charge in [-0.15, -0.1) is 0 Å². The summed E-state index contributed by atoms with van der Waals surface area (Å²) in [5.41, 5.74) is 0.988. The quantitative estimate of drug-likeness (QED) is 0.570. The highest BCUT2D eigenvalue weighted by molar-refractivity contribution is 5.34. The van der Waals surface area contributed by atoms with Gasteiger partial charge in [-0.2, -0.15) is 0 Å². The average Bonchev–Trinajstić information content (AvgIpc) is 2.17. The monoisotopic (exact) mass is 181 g/mol. The van der Waals surface area contributed by atoms with Crippen LogP contribution in [0.5, 0.6) is 0 Å². The number of nitro groups is 1. The number of non-ortho nitro benzene ring substituents is 1. The van der Waals surface area contributed by atoms with Gasteiger partial charge < -0.3 is 5.11 Å². The Morgan fingerprint density at radius 2 is 2.00 bits per heavy atom. The molecule has 0 aliphatic carbocycles. The molecule has 0 bridgehead atoms. The number of hydrogen-bond acceptors (Lipinski definition) is 3. The summed E-state index contributed by atoms with van der Waals surface area (Å²) in [5, 5.41) is 19.1. The first-order valence-electron chi connectivity index (χ1n) is 4.00. The van der Waals surface area contributed by atoms with Crippen LogP contribution in [-0.4, -0.2) is 16.6 Å². The molecule has 0 unspecified atom stereocenters. The predicted octanol–water partition coefficient (Wildman–Crippen LogP) is 1.69. The number of aliphatic hydroxyl groups excluding tert-OH is 1. The van der Waals surface area contributed by atoms with E-state index in [9.17, 15) is 10.1 Å². The average molecular weight is 181 g/mol. The maximum Gasteiger partial charge on any atom is 0.269 e. The summed E-state index contributed by atoms with van der Waals surface area (Å²) in [5.74, 6) is 0.0285. The van der Waals surface area contributed by atoms with Crippen LogP contribution < -0.4 is 0 Å². The van der Waals surface area contributed by atoms with Gasteiger partial charge in [0.2, 0.25) is 0 Å². The topological polar surface area (TPSA) is 63.4 Å². The van der Waals surface area contributed by atoms with Crippen LogP contribution in [0.15, 0.2) is 24.3 Å². The van der Waals surface area contributed by atoms with Gasteiger partial charge in [0.15, 0.2) is 0 Å². The van der Waals surface area contributed by atoms with Crippen molar-refractivity contribution in [1.29, 1.82) is 0 Å². The van der Waals surface area contributed by atoms with Gasteiger partial charge >= 0.3 is 0 Å². The second-order valence-corrected chi connectivity index (χ2v) is 2.93. The molecule has 0 aromatic heterocycles. The molecule has 0 fully saturated rings. The standard InChI is InChI=1S/C9H11NO3/c1-7(6-11)8-2-4-9(5-3-8)10(12)13/h2-5,7,11H,6H2,1H3/t7-/m1/s1. The Bertz CT molecular complexity index is 294. The van der Waals surface area contributed by atoms with E-state index in [1.807, 2.05) is 6.92 Å². The third-order valence-corrected chi connectivity index (χ3v) is 1.95. The van der Waals surface area contributed by atoms with E-state index in [0.29, 0.717) is 0 Å². The van der Waals surface area contributed by atoms with Crippen molar-refractivity contribution in [1.82, 2.24) is 0 Å². The van der Waals surface area contributed by atoms with Gasteiger partial charge in [0, 0.05) is 24.7 Å². The van der Waals surface area contributed by atoms with Crippen LogP contribution in [0, 0.1) is 10.1 Å².